The fraction of sp³-hybridized carbons (Fsp3) is 0.857. The molecule has 0 aromatic carbocycles. The van der Waals surface area contributed by atoms with Gasteiger partial charge < -0.3 is 9.84 Å². The Bertz CT molecular complexity index is 183. The second-order valence-electron chi connectivity index (χ2n) is 3.03. The van der Waals surface area contributed by atoms with Crippen LogP contribution < -0.4 is 0 Å². The van der Waals surface area contributed by atoms with E-state index in [-0.39, 0.29) is 12.1 Å². The summed E-state index contributed by atoms with van der Waals surface area (Å²) >= 11 is 0. The highest BCUT2D eigenvalue weighted by atomic mass is 16.7. The predicted molar refractivity (Wildman–Crippen MR) is 36.8 cm³/mol. The third-order valence-electron chi connectivity index (χ3n) is 2.33. The van der Waals surface area contributed by atoms with E-state index in [1.807, 2.05) is 0 Å². The van der Waals surface area contributed by atoms with Crippen molar-refractivity contribution in [2.75, 3.05) is 6.54 Å². The Labute approximate surface area is 64.7 Å². The second-order valence-corrected chi connectivity index (χ2v) is 3.03. The van der Waals surface area contributed by atoms with Crippen molar-refractivity contribution in [1.82, 2.24) is 4.90 Å². The van der Waals surface area contributed by atoms with Crippen LogP contribution in [0.5, 0.6) is 0 Å². The molecule has 4 nitrogen and oxygen atoms in total. The van der Waals surface area contributed by atoms with Gasteiger partial charge in [0.25, 0.3) is 0 Å². The lowest BCUT2D eigenvalue weighted by Crippen LogP contribution is -2.40. The minimum atomic E-state index is -0.886. The van der Waals surface area contributed by atoms with Gasteiger partial charge in [0.05, 0.1) is 6.04 Å². The first-order valence-electron chi connectivity index (χ1n) is 3.94. The Morgan fingerprint density at radius 2 is 2.36 bits per heavy atom. The van der Waals surface area contributed by atoms with Gasteiger partial charge in [-0.15, -0.1) is 0 Å². The number of carbonyl (C=O) groups is 1. The van der Waals surface area contributed by atoms with E-state index < -0.39 is 6.29 Å². The normalized spacial score (nSPS) is 36.8. The van der Waals surface area contributed by atoms with Crippen LogP contribution in [0.25, 0.3) is 0 Å². The van der Waals surface area contributed by atoms with Gasteiger partial charge >= 0.3 is 6.09 Å². The third kappa shape index (κ3) is 0.976. The Morgan fingerprint density at radius 1 is 1.55 bits per heavy atom. The zero-order valence-electron chi connectivity index (χ0n) is 6.19. The summed E-state index contributed by atoms with van der Waals surface area (Å²) < 4.78 is 4.65. The number of hydrogen-bond acceptors (Lipinski definition) is 3. The number of aliphatic hydroxyl groups is 1. The topological polar surface area (TPSA) is 49.8 Å². The molecule has 2 heterocycles. The van der Waals surface area contributed by atoms with Gasteiger partial charge in [-0.1, -0.05) is 0 Å². The summed E-state index contributed by atoms with van der Waals surface area (Å²) in [5.74, 6) is 0. The lowest BCUT2D eigenvalue weighted by molar-refractivity contribution is -0.0425. The smallest absolute Gasteiger partial charge is 0.412 e. The highest BCUT2D eigenvalue weighted by Gasteiger charge is 2.41. The summed E-state index contributed by atoms with van der Waals surface area (Å²) in [5, 5.41) is 9.21. The zero-order valence-corrected chi connectivity index (χ0v) is 6.19. The first kappa shape index (κ1) is 6.91. The van der Waals surface area contributed by atoms with Crippen LogP contribution in [0, 0.1) is 0 Å². The molecule has 2 aliphatic rings. The van der Waals surface area contributed by atoms with Crippen molar-refractivity contribution >= 4 is 6.09 Å². The van der Waals surface area contributed by atoms with Crippen LogP contribution in [-0.2, 0) is 4.74 Å². The van der Waals surface area contributed by atoms with Crippen LogP contribution in [0.4, 0.5) is 4.79 Å². The predicted octanol–water partition coefficient (Wildman–Crippen LogP) is 0.310. The number of hydrogen-bond donors (Lipinski definition) is 1. The van der Waals surface area contributed by atoms with Crippen molar-refractivity contribution in [1.29, 1.82) is 0 Å². The number of carbonyl (C=O) groups excluding carboxylic acids is 1. The third-order valence-corrected chi connectivity index (χ3v) is 2.33. The van der Waals surface area contributed by atoms with Crippen LogP contribution in [0.1, 0.15) is 19.3 Å². The van der Waals surface area contributed by atoms with Gasteiger partial charge in [0.15, 0.2) is 0 Å². The van der Waals surface area contributed by atoms with Gasteiger partial charge in [-0.2, -0.15) is 0 Å². The Hall–Kier alpha value is -0.770. The molecule has 4 heteroatoms. The minimum absolute atomic E-state index is 0.0729. The number of fused-ring (bicyclic) bond motifs is 1. The number of ether oxygens (including phenoxy) is 1. The molecular formula is C7H11NO3. The van der Waals surface area contributed by atoms with Crippen molar-refractivity contribution in [3.8, 4) is 0 Å². The van der Waals surface area contributed by atoms with E-state index in [2.05, 4.69) is 4.74 Å². The molecule has 0 aromatic heterocycles. The fourth-order valence-corrected chi connectivity index (χ4v) is 1.73. The highest BCUT2D eigenvalue weighted by molar-refractivity contribution is 5.70. The molecule has 2 fully saturated rings. The minimum Gasteiger partial charge on any atom is -0.417 e. The summed E-state index contributed by atoms with van der Waals surface area (Å²) in [4.78, 5) is 12.6. The van der Waals surface area contributed by atoms with Crippen LogP contribution in [-0.4, -0.2) is 35.0 Å². The summed E-state index contributed by atoms with van der Waals surface area (Å²) in [7, 11) is 0. The van der Waals surface area contributed by atoms with Crippen molar-refractivity contribution in [2.24, 2.45) is 0 Å². The summed E-state index contributed by atoms with van der Waals surface area (Å²) in [6.07, 6.45) is 1.73. The molecular weight excluding hydrogens is 146 g/mol. The number of rotatable bonds is 0. The first-order valence-corrected chi connectivity index (χ1v) is 3.94. The number of piperidine rings is 1. The van der Waals surface area contributed by atoms with Crippen LogP contribution >= 0.6 is 0 Å². The van der Waals surface area contributed by atoms with E-state index in [4.69, 9.17) is 0 Å². The maximum atomic E-state index is 11.0. The van der Waals surface area contributed by atoms with E-state index in [9.17, 15) is 9.90 Å². The Balaban J connectivity index is 2.13. The standard InChI is InChI=1S/C7H11NO3/c9-6-5-3-1-2-4-8(5)7(10)11-6/h5-6,9H,1-4H2. The van der Waals surface area contributed by atoms with Gasteiger partial charge in [-0.3, -0.25) is 4.90 Å². The number of amides is 1. The average Bonchev–Trinajstić information content (AvgIpc) is 2.30. The van der Waals surface area contributed by atoms with Crippen LogP contribution in [0.3, 0.4) is 0 Å². The largest absolute Gasteiger partial charge is 0.417 e. The second kappa shape index (κ2) is 2.37. The van der Waals surface area contributed by atoms with E-state index in [0.29, 0.717) is 0 Å². The molecule has 0 aliphatic carbocycles. The maximum absolute atomic E-state index is 11.0. The molecule has 2 atom stereocenters. The van der Waals surface area contributed by atoms with Crippen LogP contribution in [0.15, 0.2) is 0 Å². The lowest BCUT2D eigenvalue weighted by Gasteiger charge is -2.26. The van der Waals surface area contributed by atoms with Gasteiger partial charge in [-0.05, 0) is 19.3 Å². The maximum Gasteiger partial charge on any atom is 0.412 e. The molecule has 0 saturated carbocycles. The highest BCUT2D eigenvalue weighted by Crippen LogP contribution is 2.26. The molecule has 1 N–H and O–H groups in total. The van der Waals surface area contributed by atoms with E-state index in [1.165, 1.54) is 0 Å². The number of aliphatic hydroxyl groups excluding tert-OH is 1. The quantitative estimate of drug-likeness (QED) is 0.550. The molecule has 0 aromatic rings. The van der Waals surface area contributed by atoms with Gasteiger partial charge in [0, 0.05) is 6.54 Å². The number of cyclic esters (lactones) is 1. The molecule has 2 saturated heterocycles. The van der Waals surface area contributed by atoms with Crippen molar-refractivity contribution < 1.29 is 14.6 Å². The molecule has 2 aliphatic heterocycles. The molecule has 2 unspecified atom stereocenters. The average molecular weight is 157 g/mol. The fourth-order valence-electron chi connectivity index (χ4n) is 1.73. The molecule has 11 heavy (non-hydrogen) atoms. The van der Waals surface area contributed by atoms with E-state index >= 15 is 0 Å². The Morgan fingerprint density at radius 3 is 3.09 bits per heavy atom. The van der Waals surface area contributed by atoms with E-state index in [1.54, 1.807) is 4.90 Å². The first-order chi connectivity index (χ1) is 5.29. The molecule has 0 spiro atoms. The molecule has 0 radical (unpaired) electrons. The van der Waals surface area contributed by atoms with Gasteiger partial charge in [0.2, 0.25) is 6.29 Å². The van der Waals surface area contributed by atoms with Gasteiger partial charge in [0.1, 0.15) is 0 Å². The van der Waals surface area contributed by atoms with Crippen LogP contribution in [0.2, 0.25) is 0 Å². The molecule has 2 rings (SSSR count). The number of nitrogens with zero attached hydrogens (tertiary/aromatic N) is 1. The zero-order chi connectivity index (χ0) is 7.84. The van der Waals surface area contributed by atoms with Crippen molar-refractivity contribution in [2.45, 2.75) is 31.6 Å². The molecule has 0 bridgehead atoms. The molecule has 1 amide bonds. The summed E-state index contributed by atoms with van der Waals surface area (Å²) in [6.45, 7) is 0.737. The van der Waals surface area contributed by atoms with E-state index in [0.717, 1.165) is 25.8 Å². The SMILES string of the molecule is O=C1OC(O)C2CCCCN12. The van der Waals surface area contributed by atoms with Crippen molar-refractivity contribution in [3.63, 3.8) is 0 Å². The van der Waals surface area contributed by atoms with Gasteiger partial charge in [-0.25, -0.2) is 4.79 Å². The lowest BCUT2D eigenvalue weighted by atomic mass is 10.0. The summed E-state index contributed by atoms with van der Waals surface area (Å²) in [6, 6.07) is -0.0729. The monoisotopic (exact) mass is 157 g/mol. The Kier molecular flexibility index (Phi) is 1.49. The van der Waals surface area contributed by atoms with Crippen molar-refractivity contribution in [3.05, 3.63) is 0 Å². The summed E-state index contributed by atoms with van der Waals surface area (Å²) in [5.41, 5.74) is 0. The molecule has 62 valence electrons.